The van der Waals surface area contributed by atoms with E-state index >= 15 is 0 Å². The fourth-order valence-corrected chi connectivity index (χ4v) is 8.10. The number of nitrogens with zero attached hydrogens (tertiary/aromatic N) is 11. The molecular formula is C79H50F9Ir7N12O2-7. The molecule has 0 unspecified atom stereocenters. The molecule has 0 amide bonds. The van der Waals surface area contributed by atoms with Crippen LogP contribution < -0.4 is 0 Å². The first-order valence-electron chi connectivity index (χ1n) is 29.9. The largest absolute Gasteiger partial charge is 0.477 e. The Bertz CT molecular complexity index is 4760. The molecule has 12 heterocycles. The van der Waals surface area contributed by atoms with Gasteiger partial charge in [-0.3, -0.25) is 36.3 Å². The van der Waals surface area contributed by atoms with Crippen LogP contribution in [0.15, 0.2) is 275 Å². The van der Waals surface area contributed by atoms with Crippen LogP contribution in [0.5, 0.6) is 0 Å². The average molecular weight is 2720 g/mol. The van der Waals surface area contributed by atoms with E-state index in [9.17, 15) is 44.3 Å². The SMILES string of the molecule is Cc1ccnc(-c2[c-]cc(F)cc2F)c1.Fc1[c-]c(-c2ccccn2)c(F)cc1F.Fc1ccnc(-c2[c-]cc(F)cc2F)c1.Fc1ccnc(-c2[c-]ccnc2)c1.O=C(O)c1ccccn1.[Ir].[Ir].[Ir].[Ir].[Ir].[Ir].[Ir].[c-]1c[nH]cc1-c1ccccn1.[c-]1cccnc1-c1ccccn1.[c-]1cnccc1-c1ccccn1. The number of aromatic nitrogens is 12. The van der Waals surface area contributed by atoms with E-state index in [0.29, 0.717) is 29.1 Å². The van der Waals surface area contributed by atoms with E-state index < -0.39 is 52.5 Å². The standard InChI is InChI=1S/C12H8F2N.2C11H5F3N.C10H6FN2.2C10H7N2.C9H7N2.C6H5NO2.7Ir/c1-8-4-5-15-12(6-8)10-3-2-9(13)7-11(10)14;12-7-1-2-9(10(14)5-7)11-6-8(13)3-4-15-11;12-8-6-10(14)9(13)5-7(8)11-3-1-2-4-15-11;11-9-3-5-13-10(6-9)8-2-1-4-12-7-8;1-3-7-11-9(5-1)10-6-2-4-8-12-10;1-2-6-12-10(3-1)9-4-7-11-8-5-9;1-2-5-11-9(3-1)8-4-6-10-7-8;8-6(9)5-3-1-2-4-7-5;;;;;;;/h2,4-7H,1H3;1,3-6H;1-4,6H;1,3-7H;1-5,7-8H;1-4,6-8H;1-3,5-7,10H;1-4H,(H,8,9);;;;;;;/q7*-1;;;;;;;;. The molecule has 0 aliphatic heterocycles. The Hall–Kier alpha value is -9.02. The number of carboxylic acids is 1. The number of nitrogens with one attached hydrogen (secondary N) is 1. The van der Waals surface area contributed by atoms with Gasteiger partial charge < -0.3 is 50.0 Å². The van der Waals surface area contributed by atoms with Gasteiger partial charge in [-0.05, 0) is 138 Å². The molecule has 0 atom stereocenters. The predicted octanol–water partition coefficient (Wildman–Crippen LogP) is 17.7. The van der Waals surface area contributed by atoms with Crippen LogP contribution in [0.25, 0.3) is 78.9 Å². The molecule has 109 heavy (non-hydrogen) atoms. The summed E-state index contributed by atoms with van der Waals surface area (Å²) in [5, 5.41) is 8.32. The van der Waals surface area contributed by atoms with E-state index in [2.05, 4.69) is 96.2 Å². The first-order chi connectivity index (χ1) is 49.6. The number of H-pyrrole nitrogens is 1. The maximum atomic E-state index is 13.4. The molecule has 3 aromatic carbocycles. The average Bonchev–Trinajstić information content (AvgIpc) is 1.07. The molecule has 0 saturated heterocycles. The van der Waals surface area contributed by atoms with Gasteiger partial charge in [0, 0.05) is 219 Å². The summed E-state index contributed by atoms with van der Waals surface area (Å²) >= 11 is 0. The van der Waals surface area contributed by atoms with Crippen LogP contribution in [0.2, 0.25) is 0 Å². The van der Waals surface area contributed by atoms with Gasteiger partial charge in [0.2, 0.25) is 0 Å². The molecule has 571 valence electrons. The molecule has 2 N–H and O–H groups in total. The van der Waals surface area contributed by atoms with Crippen molar-refractivity contribution in [2.75, 3.05) is 0 Å². The van der Waals surface area contributed by atoms with E-state index in [1.165, 1.54) is 49.1 Å². The first-order valence-corrected chi connectivity index (χ1v) is 29.9. The Morgan fingerprint density at radius 1 is 0.367 bits per heavy atom. The number of hydrogen-bond donors (Lipinski definition) is 2. The van der Waals surface area contributed by atoms with Crippen LogP contribution >= 0.6 is 0 Å². The van der Waals surface area contributed by atoms with Crippen molar-refractivity contribution in [3.05, 3.63) is 381 Å². The Morgan fingerprint density at radius 3 is 1.31 bits per heavy atom. The molecule has 15 aromatic rings. The van der Waals surface area contributed by atoms with Crippen LogP contribution in [-0.2, 0) is 141 Å². The number of carboxylic acid groups (broad SMARTS) is 1. The van der Waals surface area contributed by atoms with Gasteiger partial charge in [-0.1, -0.05) is 126 Å². The summed E-state index contributed by atoms with van der Waals surface area (Å²) in [7, 11) is 0. The number of rotatable bonds is 8. The minimum Gasteiger partial charge on any atom is -0.477 e. The van der Waals surface area contributed by atoms with Crippen molar-refractivity contribution in [3.63, 3.8) is 0 Å². The predicted molar refractivity (Wildman–Crippen MR) is 363 cm³/mol. The summed E-state index contributed by atoms with van der Waals surface area (Å²) in [4.78, 5) is 56.7. The quantitative estimate of drug-likeness (QED) is 0.0829. The van der Waals surface area contributed by atoms with Gasteiger partial charge in [-0.15, -0.1) is 60.3 Å². The molecule has 0 aliphatic rings. The van der Waals surface area contributed by atoms with Crippen molar-refractivity contribution in [1.29, 1.82) is 0 Å². The second-order valence-corrected chi connectivity index (χ2v) is 20.0. The number of pyridine rings is 11. The minimum atomic E-state index is -1.26. The minimum absolute atomic E-state index is 0. The van der Waals surface area contributed by atoms with Gasteiger partial charge in [0.05, 0.1) is 11.6 Å². The Kier molecular flexibility index (Phi) is 48.3. The van der Waals surface area contributed by atoms with Gasteiger partial charge >= 0.3 is 5.97 Å². The summed E-state index contributed by atoms with van der Waals surface area (Å²) < 4.78 is 116. The van der Waals surface area contributed by atoms with E-state index in [4.69, 9.17) is 5.11 Å². The van der Waals surface area contributed by atoms with Crippen LogP contribution in [0.3, 0.4) is 0 Å². The van der Waals surface area contributed by atoms with Gasteiger partial charge in [-0.25, -0.2) is 22.9 Å². The number of benzene rings is 3. The second-order valence-electron chi connectivity index (χ2n) is 20.0. The van der Waals surface area contributed by atoms with Crippen molar-refractivity contribution in [2.45, 2.75) is 6.92 Å². The van der Waals surface area contributed by atoms with Crippen molar-refractivity contribution < 1.29 is 190 Å². The van der Waals surface area contributed by atoms with Crippen LogP contribution in [0.4, 0.5) is 39.5 Å². The summed E-state index contributed by atoms with van der Waals surface area (Å²) in [6.45, 7) is 1.88. The maximum Gasteiger partial charge on any atom is 0.354 e. The number of aryl methyl sites for hydroxylation is 1. The van der Waals surface area contributed by atoms with Gasteiger partial charge in [0.15, 0.2) is 0 Å². The molecule has 0 fully saturated rings. The summed E-state index contributed by atoms with van der Waals surface area (Å²) in [6.07, 6.45) is 24.4. The zero-order chi connectivity index (χ0) is 72.3. The summed E-state index contributed by atoms with van der Waals surface area (Å²) in [5.74, 6) is -8.00. The Labute approximate surface area is 715 Å². The van der Waals surface area contributed by atoms with Gasteiger partial charge in [0.1, 0.15) is 17.3 Å². The summed E-state index contributed by atoms with van der Waals surface area (Å²) in [5.41, 5.74) is 8.56. The molecule has 0 spiro atoms. The van der Waals surface area contributed by atoms with E-state index in [1.54, 1.807) is 98.4 Å². The smallest absolute Gasteiger partial charge is 0.354 e. The number of aromatic carboxylic acids is 1. The van der Waals surface area contributed by atoms with Crippen LogP contribution in [0.1, 0.15) is 16.1 Å². The van der Waals surface area contributed by atoms with Crippen molar-refractivity contribution in [3.8, 4) is 78.9 Å². The molecule has 7 radical (unpaired) electrons. The number of carbonyl (C=O) groups is 1. The third kappa shape index (κ3) is 33.8. The van der Waals surface area contributed by atoms with Gasteiger partial charge in [0.25, 0.3) is 0 Å². The topological polar surface area (TPSA) is 195 Å². The third-order valence-corrected chi connectivity index (χ3v) is 12.8. The second kappa shape index (κ2) is 53.7. The molecule has 14 nitrogen and oxygen atoms in total. The normalized spacial score (nSPS) is 9.30. The maximum absolute atomic E-state index is 13.4. The van der Waals surface area contributed by atoms with Gasteiger partial charge in [-0.2, -0.15) is 35.4 Å². The number of halogens is 9. The molecule has 0 bridgehead atoms. The molecule has 0 saturated carbocycles. The Balaban J connectivity index is 0.000000620. The zero-order valence-electron chi connectivity index (χ0n) is 55.5. The molecule has 12 aromatic heterocycles. The van der Waals surface area contributed by atoms with Crippen LogP contribution in [-0.4, -0.2) is 70.9 Å². The molecule has 30 heteroatoms. The zero-order valence-corrected chi connectivity index (χ0v) is 72.3. The molecule has 15 rings (SSSR count). The molecular weight excluding hydrogens is 2670 g/mol. The van der Waals surface area contributed by atoms with Crippen molar-refractivity contribution >= 4 is 5.97 Å². The third-order valence-electron chi connectivity index (χ3n) is 12.8. The van der Waals surface area contributed by atoms with Crippen molar-refractivity contribution in [2.24, 2.45) is 0 Å². The molecule has 0 aliphatic carbocycles. The van der Waals surface area contributed by atoms with E-state index in [-0.39, 0.29) is 180 Å². The number of aromatic amines is 1. The van der Waals surface area contributed by atoms with E-state index in [0.717, 1.165) is 69.8 Å². The van der Waals surface area contributed by atoms with E-state index in [1.807, 2.05) is 98.0 Å². The Morgan fingerprint density at radius 2 is 0.862 bits per heavy atom. The number of hydrogen-bond acceptors (Lipinski definition) is 12. The van der Waals surface area contributed by atoms with Crippen LogP contribution in [0, 0.1) is 102 Å². The fourth-order valence-electron chi connectivity index (χ4n) is 8.10. The van der Waals surface area contributed by atoms with Crippen molar-refractivity contribution in [1.82, 2.24) is 59.8 Å². The summed E-state index contributed by atoms with van der Waals surface area (Å²) in [6, 6.07) is 65.5. The first kappa shape index (κ1) is 98.0. The fraction of sp³-hybridized carbons (Fsp3) is 0.0127. The monoisotopic (exact) mass is 2720 g/mol.